The number of rotatable bonds is 7. The number of benzene rings is 2. The van der Waals surface area contributed by atoms with Crippen molar-refractivity contribution in [2.24, 2.45) is 0 Å². The molecule has 1 amide bonds. The zero-order valence-corrected chi connectivity index (χ0v) is 18.3. The molecule has 0 radical (unpaired) electrons. The first-order valence-electron chi connectivity index (χ1n) is 8.72. The number of methoxy groups -OCH3 is 1. The first-order chi connectivity index (χ1) is 14.7. The molecule has 1 N–H and O–H groups in total. The maximum Gasteiger partial charge on any atom is 0.416 e. The third-order valence-corrected chi connectivity index (χ3v) is 5.39. The van der Waals surface area contributed by atoms with Crippen LogP contribution in [0.2, 0.25) is 5.02 Å². The van der Waals surface area contributed by atoms with Gasteiger partial charge in [0, 0.05) is 0 Å². The van der Waals surface area contributed by atoms with Crippen LogP contribution in [0.1, 0.15) is 11.1 Å². The van der Waals surface area contributed by atoms with Crippen LogP contribution >= 0.6 is 35.6 Å². The molecule has 1 fully saturated rings. The van der Waals surface area contributed by atoms with Gasteiger partial charge < -0.3 is 19.5 Å². The topological polar surface area (TPSA) is 56.8 Å². The summed E-state index contributed by atoms with van der Waals surface area (Å²) in [7, 11) is 1.43. The maximum atomic E-state index is 12.8. The molecule has 0 aromatic heterocycles. The summed E-state index contributed by atoms with van der Waals surface area (Å²) in [6, 6.07) is 7.80. The Kier molecular flexibility index (Phi) is 7.34. The number of thiocarbonyl (C=S) groups is 1. The fourth-order valence-electron chi connectivity index (χ4n) is 2.60. The predicted molar refractivity (Wildman–Crippen MR) is 117 cm³/mol. The molecule has 164 valence electrons. The van der Waals surface area contributed by atoms with Gasteiger partial charge in [0.1, 0.15) is 23.3 Å². The molecule has 5 nitrogen and oxygen atoms in total. The summed E-state index contributed by atoms with van der Waals surface area (Å²) in [6.45, 7) is 0.000141. The molecule has 0 saturated carbocycles. The zero-order chi connectivity index (χ0) is 22.6. The van der Waals surface area contributed by atoms with Crippen molar-refractivity contribution in [2.75, 3.05) is 20.3 Å². The molecule has 1 heterocycles. The zero-order valence-electron chi connectivity index (χ0n) is 15.9. The van der Waals surface area contributed by atoms with Crippen molar-refractivity contribution in [1.82, 2.24) is 5.32 Å². The van der Waals surface area contributed by atoms with Crippen LogP contribution in [-0.4, -0.2) is 30.6 Å². The highest BCUT2D eigenvalue weighted by Crippen LogP contribution is 2.38. The van der Waals surface area contributed by atoms with Gasteiger partial charge in [0.15, 0.2) is 11.5 Å². The summed E-state index contributed by atoms with van der Waals surface area (Å²) in [5, 5.41) is 2.76. The highest BCUT2D eigenvalue weighted by atomic mass is 35.5. The number of carbonyl (C=O) groups is 1. The first-order valence-corrected chi connectivity index (χ1v) is 10.3. The van der Waals surface area contributed by atoms with Crippen molar-refractivity contribution in [2.45, 2.75) is 6.18 Å². The van der Waals surface area contributed by atoms with Crippen LogP contribution in [-0.2, 0) is 11.0 Å². The number of alkyl halides is 3. The minimum Gasteiger partial charge on any atom is -0.493 e. The molecule has 0 atom stereocenters. The first kappa shape index (κ1) is 23.2. The van der Waals surface area contributed by atoms with E-state index in [9.17, 15) is 18.0 Å². The molecule has 31 heavy (non-hydrogen) atoms. The van der Waals surface area contributed by atoms with Gasteiger partial charge in [0.2, 0.25) is 0 Å². The van der Waals surface area contributed by atoms with Gasteiger partial charge in [-0.05, 0) is 42.0 Å². The second-order valence-corrected chi connectivity index (χ2v) is 8.23. The summed E-state index contributed by atoms with van der Waals surface area (Å²) >= 11 is 12.4. The van der Waals surface area contributed by atoms with Gasteiger partial charge in [-0.3, -0.25) is 4.79 Å². The van der Waals surface area contributed by atoms with Crippen LogP contribution in [0.15, 0.2) is 41.3 Å². The molecule has 1 aliphatic rings. The molecular weight excluding hydrogens is 475 g/mol. The van der Waals surface area contributed by atoms with Crippen molar-refractivity contribution >= 4 is 51.9 Å². The van der Waals surface area contributed by atoms with Gasteiger partial charge in [-0.25, -0.2) is 0 Å². The third kappa shape index (κ3) is 6.05. The number of ether oxygens (including phenoxy) is 3. The number of hydrogen-bond donors (Lipinski definition) is 1. The lowest BCUT2D eigenvalue weighted by Crippen LogP contribution is -2.17. The average Bonchev–Trinajstić information content (AvgIpc) is 3.02. The Labute approximate surface area is 190 Å². The molecule has 3 rings (SSSR count). The minimum atomic E-state index is -4.45. The maximum absolute atomic E-state index is 12.8. The average molecular weight is 490 g/mol. The largest absolute Gasteiger partial charge is 0.493 e. The second-order valence-electron chi connectivity index (χ2n) is 6.11. The van der Waals surface area contributed by atoms with Crippen LogP contribution in [0.25, 0.3) is 6.08 Å². The monoisotopic (exact) mass is 489 g/mol. The van der Waals surface area contributed by atoms with Crippen LogP contribution < -0.4 is 19.5 Å². The molecule has 2 aromatic rings. The third-order valence-electron chi connectivity index (χ3n) is 3.95. The SMILES string of the molecule is COc1cc(C=C2SC(=S)NC2=O)cc(Cl)c1OCCOc1cccc(C(F)(F)F)c1. The predicted octanol–water partition coefficient (Wildman–Crippen LogP) is 5.31. The quantitative estimate of drug-likeness (QED) is 0.323. The summed E-state index contributed by atoms with van der Waals surface area (Å²) in [5.41, 5.74) is -0.188. The minimum absolute atomic E-state index is 0.0130. The molecule has 0 bridgehead atoms. The van der Waals surface area contributed by atoms with Gasteiger partial charge in [-0.2, -0.15) is 13.2 Å². The standard InChI is InChI=1S/C20H15ClF3NO4S2/c1-27-15-8-11(9-16-18(26)25-19(30)31-16)7-14(21)17(15)29-6-5-28-13-4-2-3-12(10-13)20(22,23)24/h2-4,7-10H,5-6H2,1H3,(H,25,26,30). The van der Waals surface area contributed by atoms with E-state index >= 15 is 0 Å². The Morgan fingerprint density at radius 3 is 2.58 bits per heavy atom. The van der Waals surface area contributed by atoms with E-state index < -0.39 is 11.7 Å². The van der Waals surface area contributed by atoms with Crippen molar-refractivity contribution in [3.8, 4) is 17.2 Å². The summed E-state index contributed by atoms with van der Waals surface area (Å²) in [4.78, 5) is 12.2. The van der Waals surface area contributed by atoms with E-state index in [1.54, 1.807) is 18.2 Å². The molecule has 11 heteroatoms. The van der Waals surface area contributed by atoms with Crippen LogP contribution in [0.3, 0.4) is 0 Å². The number of carbonyl (C=O) groups excluding carboxylic acids is 1. The number of amides is 1. The van der Waals surface area contributed by atoms with Crippen LogP contribution in [0.5, 0.6) is 17.2 Å². The summed E-state index contributed by atoms with van der Waals surface area (Å²) in [5.74, 6) is 0.350. The van der Waals surface area contributed by atoms with E-state index in [1.165, 1.54) is 19.2 Å². The normalized spacial score (nSPS) is 15.2. The van der Waals surface area contributed by atoms with Crippen molar-refractivity contribution in [3.63, 3.8) is 0 Å². The molecule has 1 saturated heterocycles. The Morgan fingerprint density at radius 1 is 1.19 bits per heavy atom. The van der Waals surface area contributed by atoms with E-state index in [0.29, 0.717) is 20.5 Å². The van der Waals surface area contributed by atoms with E-state index in [-0.39, 0.29) is 35.6 Å². The number of nitrogens with one attached hydrogen (secondary N) is 1. The van der Waals surface area contributed by atoms with Gasteiger partial charge in [0.25, 0.3) is 5.91 Å². The smallest absolute Gasteiger partial charge is 0.416 e. The van der Waals surface area contributed by atoms with Gasteiger partial charge in [-0.15, -0.1) is 0 Å². The lowest BCUT2D eigenvalue weighted by atomic mass is 10.2. The van der Waals surface area contributed by atoms with Gasteiger partial charge >= 0.3 is 6.18 Å². The fourth-order valence-corrected chi connectivity index (χ4v) is 3.92. The lowest BCUT2D eigenvalue weighted by Gasteiger charge is -2.14. The Hall–Kier alpha value is -2.43. The van der Waals surface area contributed by atoms with E-state index in [2.05, 4.69) is 5.32 Å². The van der Waals surface area contributed by atoms with E-state index in [1.807, 2.05) is 0 Å². The second kappa shape index (κ2) is 9.80. The van der Waals surface area contributed by atoms with Gasteiger partial charge in [0.05, 0.1) is 22.6 Å². The Bertz CT molecular complexity index is 1040. The Morgan fingerprint density at radius 2 is 1.94 bits per heavy atom. The number of thioether (sulfide) groups is 1. The number of halogens is 4. The molecule has 0 aliphatic carbocycles. The van der Waals surface area contributed by atoms with Gasteiger partial charge in [-0.1, -0.05) is 41.6 Å². The highest BCUT2D eigenvalue weighted by molar-refractivity contribution is 8.26. The molecule has 0 unspecified atom stereocenters. The summed E-state index contributed by atoms with van der Waals surface area (Å²) in [6.07, 6.45) is -2.83. The fraction of sp³-hybridized carbons (Fsp3) is 0.200. The number of hydrogen-bond acceptors (Lipinski definition) is 6. The van der Waals surface area contributed by atoms with Crippen molar-refractivity contribution in [1.29, 1.82) is 0 Å². The Balaban J connectivity index is 1.65. The molecule has 1 aliphatic heterocycles. The van der Waals surface area contributed by atoms with E-state index in [4.69, 9.17) is 38.0 Å². The lowest BCUT2D eigenvalue weighted by molar-refractivity contribution is -0.137. The van der Waals surface area contributed by atoms with Crippen LogP contribution in [0, 0.1) is 0 Å². The van der Waals surface area contributed by atoms with Crippen molar-refractivity contribution in [3.05, 3.63) is 57.5 Å². The van der Waals surface area contributed by atoms with Crippen molar-refractivity contribution < 1.29 is 32.2 Å². The van der Waals surface area contributed by atoms with E-state index in [0.717, 1.165) is 23.9 Å². The summed E-state index contributed by atoms with van der Waals surface area (Å²) < 4.78 is 54.9. The van der Waals surface area contributed by atoms with Crippen LogP contribution in [0.4, 0.5) is 13.2 Å². The molecular formula is C20H15ClF3NO4S2. The highest BCUT2D eigenvalue weighted by Gasteiger charge is 2.30. The molecule has 2 aromatic carbocycles. The molecule has 0 spiro atoms.